The molecule has 0 saturated carbocycles. The lowest BCUT2D eigenvalue weighted by molar-refractivity contribution is -0.129. The van der Waals surface area contributed by atoms with Gasteiger partial charge in [0, 0.05) is 12.1 Å². The van der Waals surface area contributed by atoms with E-state index in [1.807, 2.05) is 31.2 Å². The number of carbonyl (C=O) groups excluding carboxylic acids is 1. The van der Waals surface area contributed by atoms with E-state index in [-0.39, 0.29) is 12.2 Å². The number of aryl methyl sites for hydroxylation is 1. The summed E-state index contributed by atoms with van der Waals surface area (Å²) in [4.78, 5) is 13.6. The van der Waals surface area contributed by atoms with Gasteiger partial charge in [0.25, 0.3) is 0 Å². The highest BCUT2D eigenvalue weighted by Gasteiger charge is 2.54. The monoisotopic (exact) mass is 258 g/mol. The summed E-state index contributed by atoms with van der Waals surface area (Å²) in [6.45, 7) is 1.97. The Bertz CT molecular complexity index is 591. The van der Waals surface area contributed by atoms with Gasteiger partial charge in [-0.2, -0.15) is 0 Å². The Hall–Kier alpha value is -2.14. The van der Waals surface area contributed by atoms with Crippen molar-refractivity contribution >= 4 is 17.2 Å². The molecule has 0 unspecified atom stereocenters. The van der Waals surface area contributed by atoms with Gasteiger partial charge in [-0.3, -0.25) is 4.79 Å². The molecule has 2 atom stereocenters. The number of nitrogens with zero attached hydrogens (tertiary/aromatic N) is 2. The number of fused-ring (bicyclic) bond motifs is 2. The van der Waals surface area contributed by atoms with E-state index < -0.39 is 11.8 Å². The van der Waals surface area contributed by atoms with Gasteiger partial charge in [-0.25, -0.2) is 0 Å². The largest absolute Gasteiger partial charge is 0.411 e. The zero-order chi connectivity index (χ0) is 13.6. The number of ketones is 1. The van der Waals surface area contributed by atoms with Crippen LogP contribution in [0, 0.1) is 6.92 Å². The second-order valence-electron chi connectivity index (χ2n) is 4.93. The summed E-state index contributed by atoms with van der Waals surface area (Å²) >= 11 is 0. The smallest absolute Gasteiger partial charge is 0.219 e. The maximum absolute atomic E-state index is 12.0. The lowest BCUT2D eigenvalue weighted by Crippen LogP contribution is -2.53. The van der Waals surface area contributed by atoms with Crippen LogP contribution in [0.4, 0.5) is 5.69 Å². The molecule has 2 bridgehead atoms. The summed E-state index contributed by atoms with van der Waals surface area (Å²) in [5.74, 6) is -0.284. The Morgan fingerprint density at radius 1 is 1.37 bits per heavy atom. The first kappa shape index (κ1) is 11.9. The van der Waals surface area contributed by atoms with Gasteiger partial charge >= 0.3 is 0 Å². The van der Waals surface area contributed by atoms with Gasteiger partial charge in [-0.15, -0.1) is 0 Å². The van der Waals surface area contributed by atoms with Gasteiger partial charge < -0.3 is 15.2 Å². The van der Waals surface area contributed by atoms with Crippen molar-refractivity contribution in [3.05, 3.63) is 42.0 Å². The van der Waals surface area contributed by atoms with Crippen molar-refractivity contribution < 1.29 is 15.1 Å². The molecule has 0 aromatic heterocycles. The fourth-order valence-corrected chi connectivity index (χ4v) is 2.69. The van der Waals surface area contributed by atoms with Crippen molar-refractivity contribution in [2.45, 2.75) is 25.1 Å². The van der Waals surface area contributed by atoms with E-state index in [0.29, 0.717) is 5.71 Å². The Morgan fingerprint density at radius 3 is 2.68 bits per heavy atom. The first-order valence-corrected chi connectivity index (χ1v) is 6.09. The highest BCUT2D eigenvalue weighted by Crippen LogP contribution is 2.39. The second kappa shape index (κ2) is 3.93. The zero-order valence-corrected chi connectivity index (χ0v) is 10.4. The zero-order valence-electron chi connectivity index (χ0n) is 10.4. The molecule has 0 amide bonds. The molecule has 5 heteroatoms. The molecule has 0 spiro atoms. The van der Waals surface area contributed by atoms with E-state index in [1.165, 1.54) is 12.2 Å². The van der Waals surface area contributed by atoms with Crippen molar-refractivity contribution in [2.24, 2.45) is 5.16 Å². The Balaban J connectivity index is 2.12. The summed E-state index contributed by atoms with van der Waals surface area (Å²) in [6, 6.07) is 7.10. The van der Waals surface area contributed by atoms with E-state index in [2.05, 4.69) is 5.16 Å². The third kappa shape index (κ3) is 1.58. The highest BCUT2D eigenvalue weighted by molar-refractivity contribution is 6.13. The normalized spacial score (nSPS) is 31.3. The predicted octanol–water partition coefficient (Wildman–Crippen LogP) is 1.23. The molecule has 1 fully saturated rings. The fraction of sp³-hybridized carbons (Fsp3) is 0.286. The average molecular weight is 258 g/mol. The Labute approximate surface area is 110 Å². The van der Waals surface area contributed by atoms with Crippen LogP contribution >= 0.6 is 0 Å². The van der Waals surface area contributed by atoms with Gasteiger partial charge in [-0.05, 0) is 31.2 Å². The third-order valence-electron chi connectivity index (χ3n) is 3.72. The SMILES string of the molecule is Cc1ccc(N2[C@H]3CC(=O)[C@]2(O)C=C/C3=N/O)cc1. The van der Waals surface area contributed by atoms with Crippen LogP contribution < -0.4 is 4.90 Å². The number of hydrogen-bond acceptors (Lipinski definition) is 5. The number of hydrogen-bond donors (Lipinski definition) is 2. The predicted molar refractivity (Wildman–Crippen MR) is 70.4 cm³/mol. The number of rotatable bonds is 1. The van der Waals surface area contributed by atoms with Crippen molar-refractivity contribution in [2.75, 3.05) is 4.90 Å². The van der Waals surface area contributed by atoms with Crippen LogP contribution in [-0.4, -0.2) is 33.6 Å². The molecule has 5 nitrogen and oxygen atoms in total. The molecular weight excluding hydrogens is 244 g/mol. The molecule has 2 heterocycles. The van der Waals surface area contributed by atoms with Crippen LogP contribution in [0.5, 0.6) is 0 Å². The molecule has 0 radical (unpaired) electrons. The number of benzene rings is 1. The quantitative estimate of drug-likeness (QED) is 0.587. The summed E-state index contributed by atoms with van der Waals surface area (Å²) in [7, 11) is 0. The number of carbonyl (C=O) groups is 1. The van der Waals surface area contributed by atoms with Gasteiger partial charge in [0.1, 0.15) is 5.71 Å². The number of oxime groups is 1. The molecule has 2 aliphatic rings. The third-order valence-corrected chi connectivity index (χ3v) is 3.72. The van der Waals surface area contributed by atoms with Crippen molar-refractivity contribution in [3.63, 3.8) is 0 Å². The molecule has 1 aromatic carbocycles. The summed E-state index contributed by atoms with van der Waals surface area (Å²) in [6.07, 6.45) is 3.02. The van der Waals surface area contributed by atoms with Gasteiger partial charge in [-0.1, -0.05) is 22.9 Å². The molecule has 0 aliphatic carbocycles. The van der Waals surface area contributed by atoms with Gasteiger partial charge in [0.15, 0.2) is 5.78 Å². The molecule has 2 aliphatic heterocycles. The molecule has 2 N–H and O–H groups in total. The van der Waals surface area contributed by atoms with Gasteiger partial charge in [0.2, 0.25) is 5.72 Å². The van der Waals surface area contributed by atoms with Crippen LogP contribution in [0.3, 0.4) is 0 Å². The van der Waals surface area contributed by atoms with Crippen molar-refractivity contribution in [1.82, 2.24) is 0 Å². The van der Waals surface area contributed by atoms with E-state index in [4.69, 9.17) is 5.21 Å². The Kier molecular flexibility index (Phi) is 2.46. The lowest BCUT2D eigenvalue weighted by atomic mass is 10.0. The Morgan fingerprint density at radius 2 is 2.05 bits per heavy atom. The van der Waals surface area contributed by atoms with Gasteiger partial charge in [0.05, 0.1) is 6.04 Å². The van der Waals surface area contributed by atoms with Crippen LogP contribution in [0.2, 0.25) is 0 Å². The first-order valence-electron chi connectivity index (χ1n) is 6.09. The molecular formula is C14H14N2O3. The molecule has 19 heavy (non-hydrogen) atoms. The highest BCUT2D eigenvalue weighted by atomic mass is 16.4. The van der Waals surface area contributed by atoms with Crippen molar-refractivity contribution in [3.8, 4) is 0 Å². The maximum atomic E-state index is 12.0. The standard InChI is InChI=1S/C14H14N2O3/c1-9-2-4-10(5-3-9)16-12-8-13(17)14(16,18)7-6-11(12)15-19/h2-7,12,18-19H,8H2,1H3/b15-11-/t12-,14+/m0/s1. The van der Waals surface area contributed by atoms with E-state index in [1.54, 1.807) is 4.90 Å². The molecule has 3 rings (SSSR count). The number of aliphatic hydroxyl groups is 1. The molecule has 1 saturated heterocycles. The minimum Gasteiger partial charge on any atom is -0.411 e. The van der Waals surface area contributed by atoms with Crippen LogP contribution in [-0.2, 0) is 4.79 Å². The van der Waals surface area contributed by atoms with Crippen LogP contribution in [0.15, 0.2) is 41.6 Å². The van der Waals surface area contributed by atoms with E-state index in [9.17, 15) is 9.90 Å². The second-order valence-corrected chi connectivity index (χ2v) is 4.93. The minimum absolute atomic E-state index is 0.136. The number of anilines is 1. The summed E-state index contributed by atoms with van der Waals surface area (Å²) in [5.41, 5.74) is 0.581. The lowest BCUT2D eigenvalue weighted by Gasteiger charge is -2.38. The van der Waals surface area contributed by atoms with Crippen LogP contribution in [0.25, 0.3) is 0 Å². The van der Waals surface area contributed by atoms with E-state index >= 15 is 0 Å². The topological polar surface area (TPSA) is 73.1 Å². The van der Waals surface area contributed by atoms with E-state index in [0.717, 1.165) is 11.3 Å². The minimum atomic E-state index is -1.63. The first-order chi connectivity index (χ1) is 9.06. The maximum Gasteiger partial charge on any atom is 0.219 e. The molecule has 98 valence electrons. The van der Waals surface area contributed by atoms with Crippen LogP contribution in [0.1, 0.15) is 12.0 Å². The van der Waals surface area contributed by atoms with Crippen molar-refractivity contribution in [1.29, 1.82) is 0 Å². The summed E-state index contributed by atoms with van der Waals surface area (Å²) < 4.78 is 0. The summed E-state index contributed by atoms with van der Waals surface area (Å²) in [5, 5.41) is 22.8. The average Bonchev–Trinajstić information content (AvgIpc) is 2.58. The molecule has 1 aromatic rings. The number of Topliss-reactive ketones (excluding diaryl/α,β-unsaturated/α-hetero) is 1. The fourth-order valence-electron chi connectivity index (χ4n) is 2.69.